The lowest BCUT2D eigenvalue weighted by molar-refractivity contribution is -0.0845. The Morgan fingerprint density at radius 3 is 2.41 bits per heavy atom. The van der Waals surface area contributed by atoms with Crippen molar-refractivity contribution in [1.82, 2.24) is 19.7 Å². The van der Waals surface area contributed by atoms with Gasteiger partial charge in [0.05, 0.1) is 18.2 Å². The van der Waals surface area contributed by atoms with Gasteiger partial charge in [0.15, 0.2) is 17.8 Å². The highest BCUT2D eigenvalue weighted by Crippen LogP contribution is 2.55. The van der Waals surface area contributed by atoms with Gasteiger partial charge < -0.3 is 39.8 Å². The quantitative estimate of drug-likeness (QED) is 0.0891. The third-order valence-electron chi connectivity index (χ3n) is 5.58. The monoisotopic (exact) mass is 609 g/mol. The molecule has 0 aliphatic rings. The summed E-state index contributed by atoms with van der Waals surface area (Å²) in [7, 11) is -9.61. The molecule has 0 amide bonds. The molecule has 214 valence electrons. The lowest BCUT2D eigenvalue weighted by Gasteiger charge is -2.25. The van der Waals surface area contributed by atoms with Crippen LogP contribution < -0.4 is 5.32 Å². The second-order valence-corrected chi connectivity index (χ2v) is 12.8. The summed E-state index contributed by atoms with van der Waals surface area (Å²) >= 11 is 6.07. The second-order valence-electron chi connectivity index (χ2n) is 8.51. The molecule has 0 saturated heterocycles. The average Bonchev–Trinajstić information content (AvgIpc) is 3.26. The molecule has 18 heteroatoms. The van der Waals surface area contributed by atoms with Crippen LogP contribution in [0.25, 0.3) is 11.0 Å². The highest BCUT2D eigenvalue weighted by atomic mass is 35.5. The molecule has 3 aromatic rings. The number of rotatable bonds is 12. The number of anilines is 1. The number of fused-ring (bicyclic) bond motifs is 1. The van der Waals surface area contributed by atoms with E-state index in [0.717, 1.165) is 10.2 Å². The van der Waals surface area contributed by atoms with E-state index in [-0.39, 0.29) is 28.4 Å². The molecule has 39 heavy (non-hydrogen) atoms. The highest BCUT2D eigenvalue weighted by molar-refractivity contribution is 7.70. The SMILES string of the molecule is C/C=C(/COP(=O)(O)CP(=O)(O)O)[C@@H](O)[C@@H](O)[C@@H](O)n1ncc2c(N[C@H](C)c3ccc(F)cc3)nc(Cl)nc21. The summed E-state index contributed by atoms with van der Waals surface area (Å²) in [5, 5.41) is 39.2. The number of nitrogens with one attached hydrogen (secondary N) is 1. The van der Waals surface area contributed by atoms with Gasteiger partial charge in [-0.05, 0) is 48.7 Å². The van der Waals surface area contributed by atoms with Crippen molar-refractivity contribution in [3.05, 3.63) is 58.8 Å². The molecule has 0 aliphatic heterocycles. The van der Waals surface area contributed by atoms with Crippen LogP contribution in [0.1, 0.15) is 31.7 Å². The normalized spacial score (nSPS) is 17.4. The van der Waals surface area contributed by atoms with Crippen molar-refractivity contribution in [2.45, 2.75) is 38.3 Å². The van der Waals surface area contributed by atoms with Gasteiger partial charge in [-0.1, -0.05) is 18.2 Å². The number of halogens is 2. The molecule has 1 unspecified atom stereocenters. The molecule has 0 fully saturated rings. The number of hydrogen-bond acceptors (Lipinski definition) is 10. The minimum absolute atomic E-state index is 0.0117. The first-order chi connectivity index (χ1) is 18.1. The number of allylic oxidation sites excluding steroid dienone is 1. The minimum Gasteiger partial charge on any atom is -0.386 e. The zero-order chi connectivity index (χ0) is 29.1. The topological polar surface area (TPSA) is 220 Å². The van der Waals surface area contributed by atoms with Crippen LogP contribution in [0.3, 0.4) is 0 Å². The molecule has 0 radical (unpaired) electrons. The molecule has 0 saturated carbocycles. The number of aliphatic hydroxyl groups excluding tert-OH is 3. The molecular weight excluding hydrogens is 583 g/mol. The van der Waals surface area contributed by atoms with Gasteiger partial charge in [-0.3, -0.25) is 9.13 Å². The first kappa shape index (κ1) is 31.2. The first-order valence-electron chi connectivity index (χ1n) is 11.2. The smallest absolute Gasteiger partial charge is 0.340 e. The molecule has 0 bridgehead atoms. The number of hydrogen-bond donors (Lipinski definition) is 7. The van der Waals surface area contributed by atoms with Crippen LogP contribution in [0.5, 0.6) is 0 Å². The molecule has 7 N–H and O–H groups in total. The Hall–Kier alpha value is -2.29. The first-order valence-corrected chi connectivity index (χ1v) is 15.2. The molecule has 1 aromatic carbocycles. The number of aromatic nitrogens is 4. The van der Waals surface area contributed by atoms with Gasteiger partial charge in [-0.2, -0.15) is 15.1 Å². The van der Waals surface area contributed by atoms with E-state index in [0.29, 0.717) is 5.39 Å². The van der Waals surface area contributed by atoms with Crippen molar-refractivity contribution in [3.8, 4) is 0 Å². The van der Waals surface area contributed by atoms with Gasteiger partial charge >= 0.3 is 15.2 Å². The van der Waals surface area contributed by atoms with E-state index in [9.17, 15) is 33.7 Å². The predicted molar refractivity (Wildman–Crippen MR) is 138 cm³/mol. The summed E-state index contributed by atoms with van der Waals surface area (Å²) in [6, 6.07) is 5.42. The Morgan fingerprint density at radius 1 is 1.18 bits per heavy atom. The Bertz CT molecular complexity index is 1440. The fourth-order valence-electron chi connectivity index (χ4n) is 3.56. The molecule has 0 aliphatic carbocycles. The molecule has 14 nitrogen and oxygen atoms in total. The van der Waals surface area contributed by atoms with E-state index in [2.05, 4.69) is 20.4 Å². The van der Waals surface area contributed by atoms with Gasteiger partial charge in [0.2, 0.25) is 5.28 Å². The van der Waals surface area contributed by atoms with Gasteiger partial charge in [0.1, 0.15) is 23.8 Å². The Labute approximate surface area is 226 Å². The molecule has 2 heterocycles. The Kier molecular flexibility index (Phi) is 10.00. The van der Waals surface area contributed by atoms with E-state index >= 15 is 0 Å². The maximum absolute atomic E-state index is 13.3. The van der Waals surface area contributed by atoms with Gasteiger partial charge in [-0.25, -0.2) is 9.07 Å². The van der Waals surface area contributed by atoms with E-state index < -0.39 is 52.0 Å². The van der Waals surface area contributed by atoms with Gasteiger partial charge in [0, 0.05) is 6.04 Å². The maximum Gasteiger partial charge on any atom is 0.340 e. The lowest BCUT2D eigenvalue weighted by atomic mass is 10.0. The molecule has 3 rings (SSSR count). The lowest BCUT2D eigenvalue weighted by Crippen LogP contribution is -2.37. The fraction of sp³-hybridized carbons (Fsp3) is 0.381. The van der Waals surface area contributed by atoms with Crippen molar-refractivity contribution in [1.29, 1.82) is 0 Å². The van der Waals surface area contributed by atoms with Crippen molar-refractivity contribution in [3.63, 3.8) is 0 Å². The number of aliphatic hydroxyl groups is 3. The summed E-state index contributed by atoms with van der Waals surface area (Å²) in [5.41, 5.74) is 0.558. The van der Waals surface area contributed by atoms with Gasteiger partial charge in [0.25, 0.3) is 0 Å². The van der Waals surface area contributed by atoms with Gasteiger partial charge in [-0.15, -0.1) is 0 Å². The van der Waals surface area contributed by atoms with Crippen LogP contribution in [0.15, 0.2) is 42.1 Å². The van der Waals surface area contributed by atoms with E-state index in [1.54, 1.807) is 19.1 Å². The van der Waals surface area contributed by atoms with Crippen LogP contribution in [0, 0.1) is 5.82 Å². The standard InChI is InChI=1S/C21H27ClFN5O9P2/c1-3-12(9-37-39(35,36)10-38(32,33)34)16(29)17(30)20(31)28-19-15(8-24-28)18(26-21(22)27-19)25-11(2)13-4-6-14(23)7-5-13/h3-8,11,16-17,20,29-31H,9-10H2,1-2H3,(H,35,36)(H,25,26,27)(H2,32,33,34)/b12-3-/t11-,16-,17-,20-/m1/s1. The summed E-state index contributed by atoms with van der Waals surface area (Å²) in [5.74, 6) is -1.61. The number of nitrogens with zero attached hydrogens (tertiary/aromatic N) is 4. The van der Waals surface area contributed by atoms with E-state index in [1.807, 2.05) is 0 Å². The molecular formula is C21H27ClFN5O9P2. The minimum atomic E-state index is -4.87. The third kappa shape index (κ3) is 8.12. The van der Waals surface area contributed by atoms with Crippen molar-refractivity contribution in [2.24, 2.45) is 0 Å². The Morgan fingerprint density at radius 2 is 1.82 bits per heavy atom. The molecule has 5 atom stereocenters. The van der Waals surface area contributed by atoms with E-state index in [4.69, 9.17) is 25.9 Å². The van der Waals surface area contributed by atoms with Crippen molar-refractivity contribution >= 4 is 43.6 Å². The molecule has 0 spiro atoms. The number of benzene rings is 1. The second kappa shape index (κ2) is 12.5. The average molecular weight is 610 g/mol. The van der Waals surface area contributed by atoms with Crippen molar-refractivity contribution in [2.75, 3.05) is 17.8 Å². The van der Waals surface area contributed by atoms with Crippen LogP contribution in [0.4, 0.5) is 10.2 Å². The van der Waals surface area contributed by atoms with Crippen LogP contribution >= 0.6 is 26.8 Å². The van der Waals surface area contributed by atoms with Crippen molar-refractivity contribution < 1.29 is 48.0 Å². The summed E-state index contributed by atoms with van der Waals surface area (Å²) in [4.78, 5) is 35.7. The summed E-state index contributed by atoms with van der Waals surface area (Å²) < 4.78 is 41.8. The summed E-state index contributed by atoms with van der Waals surface area (Å²) in [6.45, 7) is 2.42. The Balaban J connectivity index is 1.80. The highest BCUT2D eigenvalue weighted by Gasteiger charge is 2.34. The van der Waals surface area contributed by atoms with E-state index in [1.165, 1.54) is 31.3 Å². The van der Waals surface area contributed by atoms with Crippen LogP contribution in [-0.4, -0.2) is 74.5 Å². The molecule has 2 aromatic heterocycles. The van der Waals surface area contributed by atoms with Crippen LogP contribution in [0.2, 0.25) is 5.28 Å². The van der Waals surface area contributed by atoms with Crippen LogP contribution in [-0.2, 0) is 13.7 Å². The predicted octanol–water partition coefficient (Wildman–Crippen LogP) is 2.29. The largest absolute Gasteiger partial charge is 0.386 e. The summed E-state index contributed by atoms with van der Waals surface area (Å²) in [6.07, 6.45) is -3.20. The maximum atomic E-state index is 13.3. The third-order valence-corrected chi connectivity index (χ3v) is 9.18. The zero-order valence-corrected chi connectivity index (χ0v) is 23.1. The fourth-order valence-corrected chi connectivity index (χ4v) is 6.26. The zero-order valence-electron chi connectivity index (χ0n) is 20.5.